The van der Waals surface area contributed by atoms with E-state index in [2.05, 4.69) is 31.0 Å². The van der Waals surface area contributed by atoms with Crippen molar-refractivity contribution in [1.82, 2.24) is 10.2 Å². The van der Waals surface area contributed by atoms with Crippen molar-refractivity contribution in [2.75, 3.05) is 19.6 Å². The third-order valence-corrected chi connectivity index (χ3v) is 4.00. The Bertz CT molecular complexity index is 498. The lowest BCUT2D eigenvalue weighted by molar-refractivity contribution is -0.121. The van der Waals surface area contributed by atoms with Gasteiger partial charge in [0.1, 0.15) is 5.82 Å². The molecule has 0 aliphatic carbocycles. The van der Waals surface area contributed by atoms with Crippen molar-refractivity contribution in [3.8, 4) is 0 Å². The molecule has 0 aromatic heterocycles. The second-order valence-electron chi connectivity index (χ2n) is 5.66. The van der Waals surface area contributed by atoms with Gasteiger partial charge >= 0.3 is 0 Å². The molecule has 0 aliphatic heterocycles. The molecular formula is C18H27FN2O2. The lowest BCUT2D eigenvalue weighted by atomic mass is 10.1. The molecule has 0 saturated heterocycles. The summed E-state index contributed by atoms with van der Waals surface area (Å²) < 4.78 is 12.8. The van der Waals surface area contributed by atoms with Gasteiger partial charge in [-0.15, -0.1) is 0 Å². The predicted molar refractivity (Wildman–Crippen MR) is 90.0 cm³/mol. The number of nitrogens with one attached hydrogen (secondary N) is 1. The molecule has 1 unspecified atom stereocenters. The van der Waals surface area contributed by atoms with Crippen molar-refractivity contribution in [1.29, 1.82) is 0 Å². The molecule has 1 aromatic rings. The van der Waals surface area contributed by atoms with E-state index in [9.17, 15) is 14.0 Å². The highest BCUT2D eigenvalue weighted by atomic mass is 19.1. The molecule has 0 heterocycles. The van der Waals surface area contributed by atoms with Gasteiger partial charge in [0.05, 0.1) is 0 Å². The van der Waals surface area contributed by atoms with Crippen LogP contribution in [0.15, 0.2) is 24.3 Å². The molecule has 1 aromatic carbocycles. The Kier molecular flexibility index (Phi) is 8.48. The Morgan fingerprint density at radius 1 is 1.13 bits per heavy atom. The fourth-order valence-electron chi connectivity index (χ4n) is 2.52. The van der Waals surface area contributed by atoms with Crippen LogP contribution in [0.4, 0.5) is 4.39 Å². The molecule has 1 rings (SSSR count). The molecule has 23 heavy (non-hydrogen) atoms. The molecular weight excluding hydrogens is 295 g/mol. The van der Waals surface area contributed by atoms with E-state index in [4.69, 9.17) is 0 Å². The first kappa shape index (κ1) is 19.3. The summed E-state index contributed by atoms with van der Waals surface area (Å²) in [4.78, 5) is 26.0. The fraction of sp³-hybridized carbons (Fsp3) is 0.556. The summed E-state index contributed by atoms with van der Waals surface area (Å²) in [6.45, 7) is 8.82. The van der Waals surface area contributed by atoms with Gasteiger partial charge in [-0.1, -0.05) is 13.8 Å². The van der Waals surface area contributed by atoms with E-state index in [0.29, 0.717) is 37.4 Å². The van der Waals surface area contributed by atoms with E-state index in [1.54, 1.807) is 0 Å². The number of hydrogen-bond acceptors (Lipinski definition) is 3. The average molecular weight is 322 g/mol. The minimum atomic E-state index is -0.358. The van der Waals surface area contributed by atoms with E-state index in [0.717, 1.165) is 13.1 Å². The van der Waals surface area contributed by atoms with E-state index in [-0.39, 0.29) is 17.5 Å². The maximum absolute atomic E-state index is 12.8. The third-order valence-electron chi connectivity index (χ3n) is 4.00. The quantitative estimate of drug-likeness (QED) is 0.674. The van der Waals surface area contributed by atoms with Crippen molar-refractivity contribution in [3.05, 3.63) is 35.6 Å². The van der Waals surface area contributed by atoms with Crippen LogP contribution < -0.4 is 5.32 Å². The molecule has 4 nitrogen and oxygen atoms in total. The minimum absolute atomic E-state index is 0.0316. The number of halogens is 1. The molecule has 1 N–H and O–H groups in total. The number of hydrogen-bond donors (Lipinski definition) is 1. The van der Waals surface area contributed by atoms with Crippen LogP contribution in [0, 0.1) is 5.82 Å². The highest BCUT2D eigenvalue weighted by molar-refractivity contribution is 5.96. The summed E-state index contributed by atoms with van der Waals surface area (Å²) in [6.07, 6.45) is 1.13. The van der Waals surface area contributed by atoms with E-state index in [1.807, 2.05) is 0 Å². The molecule has 0 aliphatic rings. The van der Waals surface area contributed by atoms with Crippen molar-refractivity contribution in [2.24, 2.45) is 0 Å². The molecule has 128 valence electrons. The fourth-order valence-corrected chi connectivity index (χ4v) is 2.52. The molecule has 1 atom stereocenters. The first-order valence-corrected chi connectivity index (χ1v) is 8.27. The normalized spacial score (nSPS) is 12.2. The Morgan fingerprint density at radius 3 is 2.30 bits per heavy atom. The minimum Gasteiger partial charge on any atom is -0.355 e. The Balaban J connectivity index is 2.26. The lowest BCUT2D eigenvalue weighted by Gasteiger charge is -2.26. The number of benzene rings is 1. The van der Waals surface area contributed by atoms with Gasteiger partial charge in [0.15, 0.2) is 5.78 Å². The smallest absolute Gasteiger partial charge is 0.220 e. The van der Waals surface area contributed by atoms with Crippen LogP contribution >= 0.6 is 0 Å². The number of ketones is 1. The highest BCUT2D eigenvalue weighted by Crippen LogP contribution is 2.08. The van der Waals surface area contributed by atoms with Crippen molar-refractivity contribution >= 4 is 11.7 Å². The SMILES string of the molecule is CCN(CC)C(C)CNC(=O)CCCC(=O)c1ccc(F)cc1. The monoisotopic (exact) mass is 322 g/mol. The standard InChI is InChI=1S/C18H27FN2O2/c1-4-21(5-2)14(3)13-20-18(23)8-6-7-17(22)15-9-11-16(19)12-10-15/h9-12,14H,4-8,13H2,1-3H3,(H,20,23). The van der Waals surface area contributed by atoms with Gasteiger partial charge in [-0.25, -0.2) is 4.39 Å². The summed E-state index contributed by atoms with van der Waals surface area (Å²) in [5.41, 5.74) is 0.488. The van der Waals surface area contributed by atoms with E-state index >= 15 is 0 Å². The average Bonchev–Trinajstić information content (AvgIpc) is 2.54. The number of amides is 1. The van der Waals surface area contributed by atoms with Crippen molar-refractivity contribution in [2.45, 2.75) is 46.1 Å². The molecule has 0 saturated carbocycles. The predicted octanol–water partition coefficient (Wildman–Crippen LogP) is 3.03. The van der Waals surface area contributed by atoms with Gasteiger partial charge in [0.2, 0.25) is 5.91 Å². The maximum atomic E-state index is 12.8. The molecule has 1 amide bonds. The second-order valence-corrected chi connectivity index (χ2v) is 5.66. The van der Waals surface area contributed by atoms with Gasteiger partial charge in [-0.2, -0.15) is 0 Å². The van der Waals surface area contributed by atoms with Crippen LogP contribution in [0.2, 0.25) is 0 Å². The molecule has 5 heteroatoms. The topological polar surface area (TPSA) is 49.4 Å². The van der Waals surface area contributed by atoms with Crippen LogP contribution in [0.5, 0.6) is 0 Å². The Morgan fingerprint density at radius 2 is 1.74 bits per heavy atom. The van der Waals surface area contributed by atoms with Gasteiger partial charge in [-0.3, -0.25) is 14.5 Å². The summed E-state index contributed by atoms with van der Waals surface area (Å²) in [6, 6.07) is 5.80. The molecule has 0 bridgehead atoms. The van der Waals surface area contributed by atoms with E-state index in [1.165, 1.54) is 24.3 Å². The highest BCUT2D eigenvalue weighted by Gasteiger charge is 2.12. The Hall–Kier alpha value is -1.75. The van der Waals surface area contributed by atoms with Crippen LogP contribution in [-0.2, 0) is 4.79 Å². The number of Topliss-reactive ketones (excluding diaryl/α,β-unsaturated/α-hetero) is 1. The summed E-state index contributed by atoms with van der Waals surface area (Å²) in [5, 5.41) is 2.91. The number of rotatable bonds is 10. The van der Waals surface area contributed by atoms with Crippen LogP contribution in [-0.4, -0.2) is 42.3 Å². The van der Waals surface area contributed by atoms with Gasteiger partial charge in [0.25, 0.3) is 0 Å². The number of carbonyl (C=O) groups excluding carboxylic acids is 2. The zero-order valence-electron chi connectivity index (χ0n) is 14.3. The summed E-state index contributed by atoms with van der Waals surface area (Å²) >= 11 is 0. The largest absolute Gasteiger partial charge is 0.355 e. The first-order chi connectivity index (χ1) is 11.0. The van der Waals surface area contributed by atoms with Crippen LogP contribution in [0.3, 0.4) is 0 Å². The zero-order valence-corrected chi connectivity index (χ0v) is 14.3. The van der Waals surface area contributed by atoms with Crippen LogP contribution in [0.25, 0.3) is 0 Å². The zero-order chi connectivity index (χ0) is 17.2. The maximum Gasteiger partial charge on any atom is 0.220 e. The molecule has 0 radical (unpaired) electrons. The van der Waals surface area contributed by atoms with Gasteiger partial charge in [0, 0.05) is 31.0 Å². The number of likely N-dealkylation sites (N-methyl/N-ethyl adjacent to an activating group) is 1. The summed E-state index contributed by atoms with van der Waals surface area (Å²) in [5.74, 6) is -0.450. The van der Waals surface area contributed by atoms with Crippen molar-refractivity contribution in [3.63, 3.8) is 0 Å². The second kappa shape index (κ2) is 10.1. The lowest BCUT2D eigenvalue weighted by Crippen LogP contribution is -2.41. The van der Waals surface area contributed by atoms with E-state index < -0.39 is 0 Å². The molecule has 0 spiro atoms. The summed E-state index contributed by atoms with van der Waals surface area (Å²) in [7, 11) is 0. The van der Waals surface area contributed by atoms with Crippen LogP contribution in [0.1, 0.15) is 50.4 Å². The van der Waals surface area contributed by atoms with Gasteiger partial charge in [-0.05, 0) is 50.7 Å². The Labute approximate surface area is 138 Å². The third kappa shape index (κ3) is 6.91. The van der Waals surface area contributed by atoms with Crippen molar-refractivity contribution < 1.29 is 14.0 Å². The number of carbonyl (C=O) groups is 2. The molecule has 0 fully saturated rings. The number of nitrogens with zero attached hydrogens (tertiary/aromatic N) is 1. The first-order valence-electron chi connectivity index (χ1n) is 8.27. The van der Waals surface area contributed by atoms with Gasteiger partial charge < -0.3 is 5.32 Å².